The van der Waals surface area contributed by atoms with Crippen LogP contribution in [0.5, 0.6) is 0 Å². The van der Waals surface area contributed by atoms with Crippen LogP contribution in [0.2, 0.25) is 0 Å². The Morgan fingerprint density at radius 1 is 1.28 bits per heavy atom. The van der Waals surface area contributed by atoms with E-state index in [4.69, 9.17) is 4.74 Å². The highest BCUT2D eigenvalue weighted by atomic mass is 19.1. The van der Waals surface area contributed by atoms with Crippen LogP contribution in [-0.2, 0) is 9.53 Å². The molecule has 1 spiro atoms. The molecule has 0 unspecified atom stereocenters. The molecule has 2 amide bonds. The van der Waals surface area contributed by atoms with Crippen molar-refractivity contribution in [2.75, 3.05) is 33.8 Å². The van der Waals surface area contributed by atoms with Crippen LogP contribution in [-0.4, -0.2) is 62.3 Å². The van der Waals surface area contributed by atoms with Crippen molar-refractivity contribution in [3.63, 3.8) is 0 Å². The molecular weight excluding hydrogens is 380 g/mol. The first-order chi connectivity index (χ1) is 13.7. The number of hydrogen-bond donors (Lipinski definition) is 2. The Balaban J connectivity index is 1.88. The second kappa shape index (κ2) is 8.75. The molecular formula is C21H30F2N3O3+. The van der Waals surface area contributed by atoms with Crippen molar-refractivity contribution in [2.45, 2.75) is 44.4 Å². The van der Waals surface area contributed by atoms with E-state index in [9.17, 15) is 18.4 Å². The summed E-state index contributed by atoms with van der Waals surface area (Å²) in [6, 6.07) is 2.04. The normalized spacial score (nSPS) is 26.9. The van der Waals surface area contributed by atoms with Gasteiger partial charge in [-0.15, -0.1) is 0 Å². The minimum absolute atomic E-state index is 0.0730. The second-order valence-corrected chi connectivity index (χ2v) is 8.50. The third-order valence-electron chi connectivity index (χ3n) is 5.92. The molecule has 1 atom stereocenters. The summed E-state index contributed by atoms with van der Waals surface area (Å²) in [5.74, 6) is -2.12. The fraction of sp³-hybridized carbons (Fsp3) is 0.619. The molecule has 1 aromatic rings. The van der Waals surface area contributed by atoms with Crippen molar-refractivity contribution in [3.05, 3.63) is 35.4 Å². The van der Waals surface area contributed by atoms with Crippen molar-refractivity contribution in [1.82, 2.24) is 10.2 Å². The lowest BCUT2D eigenvalue weighted by atomic mass is 9.83. The molecule has 1 saturated heterocycles. The van der Waals surface area contributed by atoms with Gasteiger partial charge in [0.25, 0.3) is 5.91 Å². The lowest BCUT2D eigenvalue weighted by Crippen LogP contribution is -3.06. The summed E-state index contributed by atoms with van der Waals surface area (Å²) in [4.78, 5) is 28.8. The number of rotatable bonds is 5. The Bertz CT molecular complexity index is 764. The van der Waals surface area contributed by atoms with Gasteiger partial charge in [-0.05, 0) is 43.7 Å². The van der Waals surface area contributed by atoms with Crippen LogP contribution in [0, 0.1) is 17.6 Å². The van der Waals surface area contributed by atoms with Crippen molar-refractivity contribution >= 4 is 11.8 Å². The van der Waals surface area contributed by atoms with Crippen LogP contribution in [0.4, 0.5) is 8.78 Å². The zero-order valence-electron chi connectivity index (χ0n) is 17.3. The molecule has 2 fully saturated rings. The van der Waals surface area contributed by atoms with Crippen molar-refractivity contribution in [2.24, 2.45) is 5.92 Å². The third kappa shape index (κ3) is 4.59. The molecule has 1 aliphatic heterocycles. The predicted octanol–water partition coefficient (Wildman–Crippen LogP) is 0.973. The molecule has 6 nitrogen and oxygen atoms in total. The highest BCUT2D eigenvalue weighted by Gasteiger charge is 2.53. The average molecular weight is 410 g/mol. The fourth-order valence-electron chi connectivity index (χ4n) is 4.13. The van der Waals surface area contributed by atoms with Crippen LogP contribution in [0.3, 0.4) is 0 Å². The van der Waals surface area contributed by atoms with Gasteiger partial charge in [-0.3, -0.25) is 14.5 Å². The van der Waals surface area contributed by atoms with Gasteiger partial charge >= 0.3 is 0 Å². The van der Waals surface area contributed by atoms with E-state index in [1.165, 1.54) is 9.80 Å². The van der Waals surface area contributed by atoms with E-state index >= 15 is 0 Å². The number of carbonyl (C=O) groups is 2. The Labute approximate surface area is 170 Å². The summed E-state index contributed by atoms with van der Waals surface area (Å²) < 4.78 is 33.7. The molecule has 160 valence electrons. The Morgan fingerprint density at radius 3 is 2.59 bits per heavy atom. The summed E-state index contributed by atoms with van der Waals surface area (Å²) in [5, 5.41) is 2.86. The van der Waals surface area contributed by atoms with Gasteiger partial charge in [0.2, 0.25) is 5.91 Å². The summed E-state index contributed by atoms with van der Waals surface area (Å²) in [6.07, 6.45) is 2.89. The van der Waals surface area contributed by atoms with Gasteiger partial charge in [-0.2, -0.15) is 0 Å². The number of halogens is 2. The highest BCUT2D eigenvalue weighted by Crippen LogP contribution is 2.43. The molecule has 1 heterocycles. The molecule has 1 aliphatic carbocycles. The van der Waals surface area contributed by atoms with Crippen LogP contribution in [0.15, 0.2) is 18.2 Å². The molecule has 29 heavy (non-hydrogen) atoms. The average Bonchev–Trinajstić information content (AvgIpc) is 3.02. The molecule has 2 aliphatic rings. The topological polar surface area (TPSA) is 63.1 Å². The first kappa shape index (κ1) is 21.6. The first-order valence-electron chi connectivity index (χ1n) is 10.2. The zero-order chi connectivity index (χ0) is 21.2. The monoisotopic (exact) mass is 410 g/mol. The molecule has 1 aromatic carbocycles. The lowest BCUT2D eigenvalue weighted by Gasteiger charge is -2.43. The third-order valence-corrected chi connectivity index (χ3v) is 5.92. The quantitative estimate of drug-likeness (QED) is 0.761. The van der Waals surface area contributed by atoms with Crippen LogP contribution in [0.1, 0.15) is 43.0 Å². The van der Waals surface area contributed by atoms with Gasteiger partial charge in [0.1, 0.15) is 23.4 Å². The fourth-order valence-corrected chi connectivity index (χ4v) is 4.13. The summed E-state index contributed by atoms with van der Waals surface area (Å²) in [6.45, 7) is 3.42. The number of benzene rings is 1. The maximum Gasteiger partial charge on any atom is 0.259 e. The van der Waals surface area contributed by atoms with E-state index in [0.717, 1.165) is 31.5 Å². The number of nitrogens with one attached hydrogen (secondary N) is 2. The minimum Gasteiger partial charge on any atom is -0.353 e. The molecule has 1 saturated carbocycles. The minimum atomic E-state index is -0.934. The van der Waals surface area contributed by atoms with Gasteiger partial charge in [0.05, 0.1) is 39.4 Å². The SMILES string of the molecule is CC1CCC2(CC1)OC[C@H](C(=O)NCC[NH+](C)C)N2C(=O)c1ccc(F)cc1F. The number of hydrogen-bond acceptors (Lipinski definition) is 3. The van der Waals surface area contributed by atoms with Crippen LogP contribution in [0.25, 0.3) is 0 Å². The molecule has 8 heteroatoms. The van der Waals surface area contributed by atoms with Gasteiger partial charge < -0.3 is 15.0 Å². The highest BCUT2D eigenvalue weighted by molar-refractivity contribution is 5.98. The van der Waals surface area contributed by atoms with Gasteiger partial charge in [-0.1, -0.05) is 6.92 Å². The van der Waals surface area contributed by atoms with E-state index in [1.54, 1.807) is 0 Å². The Hall–Kier alpha value is -2.06. The molecule has 2 N–H and O–H groups in total. The van der Waals surface area contributed by atoms with Crippen molar-refractivity contribution in [3.8, 4) is 0 Å². The number of carbonyl (C=O) groups excluding carboxylic acids is 2. The smallest absolute Gasteiger partial charge is 0.259 e. The zero-order valence-corrected chi connectivity index (χ0v) is 17.3. The first-order valence-corrected chi connectivity index (χ1v) is 10.2. The van der Waals surface area contributed by atoms with Crippen LogP contribution < -0.4 is 10.2 Å². The number of ether oxygens (including phenoxy) is 1. The number of likely N-dealkylation sites (N-methyl/N-ethyl adjacent to an activating group) is 1. The van der Waals surface area contributed by atoms with E-state index in [0.29, 0.717) is 31.4 Å². The van der Waals surface area contributed by atoms with E-state index < -0.39 is 29.3 Å². The van der Waals surface area contributed by atoms with Crippen molar-refractivity contribution < 1.29 is 28.0 Å². The predicted molar refractivity (Wildman–Crippen MR) is 103 cm³/mol. The van der Waals surface area contributed by atoms with E-state index in [1.807, 2.05) is 14.1 Å². The Morgan fingerprint density at radius 2 is 1.97 bits per heavy atom. The number of amides is 2. The lowest BCUT2D eigenvalue weighted by molar-refractivity contribution is -0.856. The molecule has 3 rings (SSSR count). The Kier molecular flexibility index (Phi) is 6.53. The standard InChI is InChI=1S/C21H29F2N3O3/c1-14-6-8-21(9-7-14)26(20(28)16-5-4-15(22)12-17(16)23)18(13-29-21)19(27)24-10-11-25(2)3/h4-5,12,14,18H,6-11,13H2,1-3H3,(H,24,27)/p+1/t14?,18-,21?/m1/s1. The summed E-state index contributed by atoms with van der Waals surface area (Å²) in [7, 11) is 3.96. The summed E-state index contributed by atoms with van der Waals surface area (Å²) in [5.41, 5.74) is -1.16. The largest absolute Gasteiger partial charge is 0.353 e. The number of quaternary nitrogens is 1. The molecule has 0 bridgehead atoms. The summed E-state index contributed by atoms with van der Waals surface area (Å²) >= 11 is 0. The van der Waals surface area contributed by atoms with Crippen molar-refractivity contribution in [1.29, 1.82) is 0 Å². The second-order valence-electron chi connectivity index (χ2n) is 8.50. The molecule has 0 aromatic heterocycles. The van der Waals surface area contributed by atoms with E-state index in [2.05, 4.69) is 12.2 Å². The molecule has 0 radical (unpaired) electrons. The maximum atomic E-state index is 14.4. The van der Waals surface area contributed by atoms with Gasteiger partial charge in [0.15, 0.2) is 0 Å². The van der Waals surface area contributed by atoms with Crippen LogP contribution >= 0.6 is 0 Å². The van der Waals surface area contributed by atoms with E-state index in [-0.39, 0.29) is 18.1 Å². The number of nitrogens with zero attached hydrogens (tertiary/aromatic N) is 1. The maximum absolute atomic E-state index is 14.4. The van der Waals surface area contributed by atoms with Gasteiger partial charge in [0, 0.05) is 6.07 Å². The van der Waals surface area contributed by atoms with Gasteiger partial charge in [-0.25, -0.2) is 8.78 Å².